The van der Waals surface area contributed by atoms with Gasteiger partial charge in [0.15, 0.2) is 0 Å². The molecule has 102 valence electrons. The SMILES string of the molecule is CC(C)NS(=O)(=O)NC(C)(C(=O)O)C(F)(F)F. The van der Waals surface area contributed by atoms with E-state index in [1.54, 1.807) is 4.72 Å². The quantitative estimate of drug-likeness (QED) is 0.670. The second-order valence-corrected chi connectivity index (χ2v) is 5.25. The second-order valence-electron chi connectivity index (χ2n) is 3.81. The summed E-state index contributed by atoms with van der Waals surface area (Å²) in [6.45, 7) is 2.99. The maximum absolute atomic E-state index is 12.5. The third kappa shape index (κ3) is 4.13. The van der Waals surface area contributed by atoms with Crippen LogP contribution in [0.4, 0.5) is 13.2 Å². The molecule has 0 saturated carbocycles. The Bertz CT molecular complexity index is 392. The Morgan fingerprint density at radius 3 is 1.94 bits per heavy atom. The van der Waals surface area contributed by atoms with Gasteiger partial charge in [-0.3, -0.25) is 0 Å². The lowest BCUT2D eigenvalue weighted by Crippen LogP contribution is -2.64. The highest BCUT2D eigenvalue weighted by Crippen LogP contribution is 2.30. The number of halogens is 3. The average Bonchev–Trinajstić information content (AvgIpc) is 1.96. The normalized spacial score (nSPS) is 16.9. The number of alkyl halides is 3. The minimum Gasteiger partial charge on any atom is -0.480 e. The predicted molar refractivity (Wildman–Crippen MR) is 52.4 cm³/mol. The summed E-state index contributed by atoms with van der Waals surface area (Å²) in [5.74, 6) is -2.33. The fourth-order valence-corrected chi connectivity index (χ4v) is 2.25. The van der Waals surface area contributed by atoms with Gasteiger partial charge < -0.3 is 5.11 Å². The first-order chi connectivity index (χ1) is 7.32. The van der Waals surface area contributed by atoms with Gasteiger partial charge in [-0.2, -0.15) is 31.0 Å². The summed E-state index contributed by atoms with van der Waals surface area (Å²) >= 11 is 0. The summed E-state index contributed by atoms with van der Waals surface area (Å²) in [4.78, 5) is 10.6. The lowest BCUT2D eigenvalue weighted by Gasteiger charge is -2.28. The van der Waals surface area contributed by atoms with E-state index in [2.05, 4.69) is 0 Å². The second kappa shape index (κ2) is 4.78. The summed E-state index contributed by atoms with van der Waals surface area (Å²) < 4.78 is 62.8. The molecule has 0 saturated heterocycles. The summed E-state index contributed by atoms with van der Waals surface area (Å²) in [7, 11) is -4.57. The molecule has 0 bridgehead atoms. The summed E-state index contributed by atoms with van der Waals surface area (Å²) in [6, 6.07) is -0.668. The highest BCUT2D eigenvalue weighted by Gasteiger charge is 2.59. The predicted octanol–water partition coefficient (Wildman–Crippen LogP) is 0.224. The van der Waals surface area contributed by atoms with Crippen LogP contribution in [0.5, 0.6) is 0 Å². The van der Waals surface area contributed by atoms with Gasteiger partial charge >= 0.3 is 12.1 Å². The van der Waals surface area contributed by atoms with Crippen molar-refractivity contribution in [2.24, 2.45) is 0 Å². The van der Waals surface area contributed by atoms with Crippen molar-refractivity contribution in [2.75, 3.05) is 0 Å². The van der Waals surface area contributed by atoms with E-state index in [9.17, 15) is 26.4 Å². The van der Waals surface area contributed by atoms with Crippen LogP contribution in [0.2, 0.25) is 0 Å². The van der Waals surface area contributed by atoms with Gasteiger partial charge in [-0.05, 0) is 20.8 Å². The average molecular weight is 278 g/mol. The van der Waals surface area contributed by atoms with Crippen LogP contribution in [-0.4, -0.2) is 37.3 Å². The topological polar surface area (TPSA) is 95.5 Å². The smallest absolute Gasteiger partial charge is 0.418 e. The van der Waals surface area contributed by atoms with Crippen LogP contribution >= 0.6 is 0 Å². The number of hydrogen-bond acceptors (Lipinski definition) is 3. The molecule has 0 aliphatic heterocycles. The first-order valence-corrected chi connectivity index (χ1v) is 5.91. The van der Waals surface area contributed by atoms with Gasteiger partial charge in [-0.1, -0.05) is 0 Å². The molecule has 0 aliphatic carbocycles. The molecule has 17 heavy (non-hydrogen) atoms. The van der Waals surface area contributed by atoms with E-state index in [-0.39, 0.29) is 6.92 Å². The van der Waals surface area contributed by atoms with Crippen LogP contribution in [0, 0.1) is 0 Å². The minimum atomic E-state index is -5.26. The number of carboxylic acid groups (broad SMARTS) is 1. The van der Waals surface area contributed by atoms with Crippen LogP contribution in [-0.2, 0) is 15.0 Å². The molecule has 3 N–H and O–H groups in total. The molecular weight excluding hydrogens is 265 g/mol. The van der Waals surface area contributed by atoms with E-state index in [4.69, 9.17) is 5.11 Å². The molecule has 0 heterocycles. The maximum atomic E-state index is 12.5. The zero-order valence-corrected chi connectivity index (χ0v) is 10.1. The Hall–Kier alpha value is -0.870. The summed E-state index contributed by atoms with van der Waals surface area (Å²) in [5.41, 5.74) is -3.58. The van der Waals surface area contributed by atoms with E-state index in [1.807, 2.05) is 0 Å². The molecule has 0 radical (unpaired) electrons. The summed E-state index contributed by atoms with van der Waals surface area (Å²) in [5, 5.41) is 8.49. The van der Waals surface area contributed by atoms with Crippen molar-refractivity contribution in [1.29, 1.82) is 0 Å². The Morgan fingerprint density at radius 2 is 1.71 bits per heavy atom. The van der Waals surface area contributed by atoms with Crippen LogP contribution < -0.4 is 9.44 Å². The van der Waals surface area contributed by atoms with Crippen molar-refractivity contribution >= 4 is 16.2 Å². The lowest BCUT2D eigenvalue weighted by atomic mass is 10.0. The number of aliphatic carboxylic acids is 1. The van der Waals surface area contributed by atoms with Crippen molar-refractivity contribution in [3.8, 4) is 0 Å². The third-order valence-electron chi connectivity index (χ3n) is 1.72. The lowest BCUT2D eigenvalue weighted by molar-refractivity contribution is -0.201. The van der Waals surface area contributed by atoms with E-state index < -0.39 is 33.9 Å². The van der Waals surface area contributed by atoms with Crippen molar-refractivity contribution in [1.82, 2.24) is 9.44 Å². The maximum Gasteiger partial charge on any atom is 0.418 e. The molecule has 0 spiro atoms. The molecule has 6 nitrogen and oxygen atoms in total. The Balaban J connectivity index is 5.25. The van der Waals surface area contributed by atoms with Crippen LogP contribution in [0.1, 0.15) is 20.8 Å². The number of hydrogen-bond donors (Lipinski definition) is 3. The number of nitrogens with one attached hydrogen (secondary N) is 2. The number of carboxylic acids is 1. The zero-order chi connectivity index (χ0) is 14.1. The molecule has 0 aromatic heterocycles. The van der Waals surface area contributed by atoms with Gasteiger partial charge in [0, 0.05) is 6.04 Å². The van der Waals surface area contributed by atoms with Gasteiger partial charge in [0.05, 0.1) is 0 Å². The van der Waals surface area contributed by atoms with Crippen molar-refractivity contribution in [3.63, 3.8) is 0 Å². The molecule has 0 rings (SSSR count). The van der Waals surface area contributed by atoms with Gasteiger partial charge in [-0.25, -0.2) is 4.79 Å². The Labute approximate surface area is 96.4 Å². The van der Waals surface area contributed by atoms with E-state index in [1.165, 1.54) is 13.8 Å². The van der Waals surface area contributed by atoms with Gasteiger partial charge in [0.2, 0.25) is 5.54 Å². The van der Waals surface area contributed by atoms with E-state index in [0.29, 0.717) is 0 Å². The Kier molecular flexibility index (Phi) is 4.54. The third-order valence-corrected chi connectivity index (χ3v) is 3.18. The van der Waals surface area contributed by atoms with Crippen LogP contribution in [0.3, 0.4) is 0 Å². The molecule has 10 heteroatoms. The van der Waals surface area contributed by atoms with E-state index in [0.717, 1.165) is 4.72 Å². The zero-order valence-electron chi connectivity index (χ0n) is 9.29. The van der Waals surface area contributed by atoms with Crippen molar-refractivity contribution in [3.05, 3.63) is 0 Å². The standard InChI is InChI=1S/C7H13F3N2O4S/c1-4(2)11-17(15,16)12-6(3,5(13)14)7(8,9)10/h4,11-12H,1-3H3,(H,13,14). The molecule has 0 aromatic carbocycles. The molecular formula is C7H13F3N2O4S. The largest absolute Gasteiger partial charge is 0.480 e. The Morgan fingerprint density at radius 1 is 1.29 bits per heavy atom. The highest BCUT2D eigenvalue weighted by molar-refractivity contribution is 7.87. The number of carbonyl (C=O) groups is 1. The fraction of sp³-hybridized carbons (Fsp3) is 0.857. The van der Waals surface area contributed by atoms with E-state index >= 15 is 0 Å². The molecule has 0 amide bonds. The minimum absolute atomic E-state index is 0.231. The first kappa shape index (κ1) is 16.1. The molecule has 0 aliphatic rings. The molecule has 0 fully saturated rings. The van der Waals surface area contributed by atoms with Gasteiger partial charge in [0.1, 0.15) is 0 Å². The first-order valence-electron chi connectivity index (χ1n) is 4.43. The summed E-state index contributed by atoms with van der Waals surface area (Å²) in [6.07, 6.45) is -5.26. The molecule has 1 atom stereocenters. The van der Waals surface area contributed by atoms with Crippen LogP contribution in [0.25, 0.3) is 0 Å². The van der Waals surface area contributed by atoms with Crippen molar-refractivity contribution < 1.29 is 31.5 Å². The van der Waals surface area contributed by atoms with Crippen molar-refractivity contribution in [2.45, 2.75) is 38.5 Å². The van der Waals surface area contributed by atoms with Gasteiger partial charge in [0.25, 0.3) is 10.2 Å². The highest BCUT2D eigenvalue weighted by atomic mass is 32.2. The van der Waals surface area contributed by atoms with Gasteiger partial charge in [-0.15, -0.1) is 0 Å². The molecule has 0 aromatic rings. The monoisotopic (exact) mass is 278 g/mol. The fourth-order valence-electron chi connectivity index (χ4n) is 0.831. The number of rotatable bonds is 5. The van der Waals surface area contributed by atoms with Crippen LogP contribution in [0.15, 0.2) is 0 Å². The molecule has 1 unspecified atom stereocenters.